The Hall–Kier alpha value is -0.870. The van der Waals surface area contributed by atoms with Crippen molar-refractivity contribution in [3.8, 4) is 0 Å². The summed E-state index contributed by atoms with van der Waals surface area (Å²) in [5.74, 6) is 0. The van der Waals surface area contributed by atoms with Gasteiger partial charge in [0.2, 0.25) is 0 Å². The van der Waals surface area contributed by atoms with Crippen molar-refractivity contribution in [3.63, 3.8) is 0 Å². The minimum absolute atomic E-state index is 0.429. The first-order valence-corrected chi connectivity index (χ1v) is 4.64. The van der Waals surface area contributed by atoms with Crippen LogP contribution in [-0.2, 0) is 7.05 Å². The summed E-state index contributed by atoms with van der Waals surface area (Å²) in [6, 6.07) is 0. The normalized spacial score (nSPS) is 19.8. The van der Waals surface area contributed by atoms with Gasteiger partial charge in [0.05, 0.1) is 12.0 Å². The minimum atomic E-state index is -0.429. The van der Waals surface area contributed by atoms with Gasteiger partial charge in [-0.2, -0.15) is 0 Å². The SMILES string of the molecule is Cn1cnc(C(O)CN2CCC2)c1. The van der Waals surface area contributed by atoms with Crippen molar-refractivity contribution in [2.24, 2.45) is 7.05 Å². The van der Waals surface area contributed by atoms with E-state index in [0.717, 1.165) is 25.3 Å². The van der Waals surface area contributed by atoms with Crippen LogP contribution < -0.4 is 0 Å². The van der Waals surface area contributed by atoms with E-state index in [0.29, 0.717) is 0 Å². The molecule has 2 heterocycles. The molecule has 1 aromatic heterocycles. The molecule has 2 rings (SSSR count). The van der Waals surface area contributed by atoms with Crippen molar-refractivity contribution in [2.45, 2.75) is 12.5 Å². The molecule has 1 atom stereocenters. The number of nitrogens with zero attached hydrogens (tertiary/aromatic N) is 3. The maximum Gasteiger partial charge on any atom is 0.110 e. The molecule has 0 amide bonds. The van der Waals surface area contributed by atoms with Crippen LogP contribution in [0.25, 0.3) is 0 Å². The van der Waals surface area contributed by atoms with Crippen LogP contribution >= 0.6 is 0 Å². The molecule has 1 aliphatic rings. The van der Waals surface area contributed by atoms with Gasteiger partial charge >= 0.3 is 0 Å². The van der Waals surface area contributed by atoms with Gasteiger partial charge in [0, 0.05) is 19.8 Å². The monoisotopic (exact) mass is 181 g/mol. The smallest absolute Gasteiger partial charge is 0.110 e. The molecule has 1 N–H and O–H groups in total. The fraction of sp³-hybridized carbons (Fsp3) is 0.667. The number of aromatic nitrogens is 2. The first kappa shape index (κ1) is 8.72. The number of hydrogen-bond acceptors (Lipinski definition) is 3. The van der Waals surface area contributed by atoms with Crippen molar-refractivity contribution < 1.29 is 5.11 Å². The van der Waals surface area contributed by atoms with Gasteiger partial charge in [0.25, 0.3) is 0 Å². The highest BCUT2D eigenvalue weighted by atomic mass is 16.3. The molecular weight excluding hydrogens is 166 g/mol. The Balaban J connectivity index is 1.92. The van der Waals surface area contributed by atoms with Crippen molar-refractivity contribution in [1.29, 1.82) is 0 Å². The molecule has 0 saturated carbocycles. The fourth-order valence-electron chi connectivity index (χ4n) is 1.51. The lowest BCUT2D eigenvalue weighted by Gasteiger charge is -2.31. The van der Waals surface area contributed by atoms with Crippen LogP contribution in [0.5, 0.6) is 0 Å². The van der Waals surface area contributed by atoms with E-state index in [9.17, 15) is 5.11 Å². The first-order chi connectivity index (χ1) is 6.25. The Bertz CT molecular complexity index is 280. The molecule has 72 valence electrons. The third kappa shape index (κ3) is 1.89. The average Bonchev–Trinajstić information content (AvgIpc) is 2.44. The lowest BCUT2D eigenvalue weighted by Crippen LogP contribution is -2.39. The number of aliphatic hydroxyl groups is 1. The summed E-state index contributed by atoms with van der Waals surface area (Å²) >= 11 is 0. The molecule has 4 heteroatoms. The Labute approximate surface area is 77.8 Å². The number of β-amino-alcohol motifs (C(OH)–C–C–N with tert-alkyl or cyclic N) is 1. The molecule has 0 radical (unpaired) electrons. The first-order valence-electron chi connectivity index (χ1n) is 4.64. The van der Waals surface area contributed by atoms with Crippen LogP contribution in [0.1, 0.15) is 18.2 Å². The van der Waals surface area contributed by atoms with E-state index in [1.807, 2.05) is 17.8 Å². The van der Waals surface area contributed by atoms with Crippen LogP contribution in [0.4, 0.5) is 0 Å². The molecule has 1 fully saturated rings. The molecule has 0 aromatic carbocycles. The zero-order chi connectivity index (χ0) is 9.26. The van der Waals surface area contributed by atoms with Crippen LogP contribution in [0.3, 0.4) is 0 Å². The highest BCUT2D eigenvalue weighted by molar-refractivity contribution is 5.01. The maximum atomic E-state index is 9.75. The lowest BCUT2D eigenvalue weighted by molar-refractivity contribution is 0.0765. The maximum absolute atomic E-state index is 9.75. The standard InChI is InChI=1S/C9H15N3O/c1-11-5-8(10-7-11)9(13)6-12-3-2-4-12/h5,7,9,13H,2-4,6H2,1H3. The van der Waals surface area contributed by atoms with E-state index in [1.165, 1.54) is 6.42 Å². The highest BCUT2D eigenvalue weighted by Crippen LogP contribution is 2.15. The second-order valence-electron chi connectivity index (χ2n) is 3.63. The van der Waals surface area contributed by atoms with Gasteiger partial charge in [0.15, 0.2) is 0 Å². The number of likely N-dealkylation sites (tertiary alicyclic amines) is 1. The number of rotatable bonds is 3. The average molecular weight is 181 g/mol. The number of aryl methyl sites for hydroxylation is 1. The van der Waals surface area contributed by atoms with E-state index < -0.39 is 6.10 Å². The second kappa shape index (κ2) is 3.47. The summed E-state index contributed by atoms with van der Waals surface area (Å²) in [4.78, 5) is 6.35. The summed E-state index contributed by atoms with van der Waals surface area (Å²) < 4.78 is 1.86. The van der Waals surface area contributed by atoms with E-state index in [4.69, 9.17) is 0 Å². The number of aliphatic hydroxyl groups excluding tert-OH is 1. The van der Waals surface area contributed by atoms with E-state index in [2.05, 4.69) is 9.88 Å². The second-order valence-corrected chi connectivity index (χ2v) is 3.63. The van der Waals surface area contributed by atoms with Crippen molar-refractivity contribution in [2.75, 3.05) is 19.6 Å². The van der Waals surface area contributed by atoms with Crippen molar-refractivity contribution >= 4 is 0 Å². The molecule has 0 spiro atoms. The molecule has 4 nitrogen and oxygen atoms in total. The van der Waals surface area contributed by atoms with Crippen LogP contribution in [0.15, 0.2) is 12.5 Å². The van der Waals surface area contributed by atoms with Gasteiger partial charge in [-0.15, -0.1) is 0 Å². The molecular formula is C9H15N3O. The Morgan fingerprint density at radius 2 is 2.38 bits per heavy atom. The van der Waals surface area contributed by atoms with Crippen LogP contribution in [0.2, 0.25) is 0 Å². The molecule has 1 saturated heterocycles. The molecule has 0 bridgehead atoms. The quantitative estimate of drug-likeness (QED) is 0.722. The largest absolute Gasteiger partial charge is 0.385 e. The topological polar surface area (TPSA) is 41.3 Å². The van der Waals surface area contributed by atoms with Gasteiger partial charge < -0.3 is 14.6 Å². The number of hydrogen-bond donors (Lipinski definition) is 1. The van der Waals surface area contributed by atoms with E-state index >= 15 is 0 Å². The highest BCUT2D eigenvalue weighted by Gasteiger charge is 2.19. The predicted molar refractivity (Wildman–Crippen MR) is 49.2 cm³/mol. The molecule has 1 unspecified atom stereocenters. The lowest BCUT2D eigenvalue weighted by atomic mass is 10.2. The van der Waals surface area contributed by atoms with Crippen molar-refractivity contribution in [3.05, 3.63) is 18.2 Å². The zero-order valence-corrected chi connectivity index (χ0v) is 7.85. The van der Waals surface area contributed by atoms with Gasteiger partial charge in [-0.3, -0.25) is 0 Å². The number of imidazole rings is 1. The van der Waals surface area contributed by atoms with Crippen molar-refractivity contribution in [1.82, 2.24) is 14.5 Å². The van der Waals surface area contributed by atoms with Crippen LogP contribution in [-0.4, -0.2) is 39.2 Å². The van der Waals surface area contributed by atoms with Gasteiger partial charge in [0.1, 0.15) is 6.10 Å². The Morgan fingerprint density at radius 3 is 2.85 bits per heavy atom. The summed E-state index contributed by atoms with van der Waals surface area (Å²) in [7, 11) is 1.91. The third-order valence-corrected chi connectivity index (χ3v) is 2.45. The van der Waals surface area contributed by atoms with E-state index in [-0.39, 0.29) is 0 Å². The Kier molecular flexibility index (Phi) is 2.33. The fourth-order valence-corrected chi connectivity index (χ4v) is 1.51. The predicted octanol–water partition coefficient (Wildman–Crippen LogP) is 0.159. The molecule has 13 heavy (non-hydrogen) atoms. The molecule has 0 aliphatic carbocycles. The Morgan fingerprint density at radius 1 is 1.62 bits per heavy atom. The summed E-state index contributed by atoms with van der Waals surface area (Å²) in [5, 5.41) is 9.75. The summed E-state index contributed by atoms with van der Waals surface area (Å²) in [5.41, 5.74) is 0.773. The minimum Gasteiger partial charge on any atom is -0.385 e. The van der Waals surface area contributed by atoms with Gasteiger partial charge in [-0.05, 0) is 19.5 Å². The van der Waals surface area contributed by atoms with Crippen LogP contribution in [0, 0.1) is 0 Å². The third-order valence-electron chi connectivity index (χ3n) is 2.45. The zero-order valence-electron chi connectivity index (χ0n) is 7.85. The summed E-state index contributed by atoms with van der Waals surface area (Å²) in [6.45, 7) is 2.95. The van der Waals surface area contributed by atoms with E-state index in [1.54, 1.807) is 6.33 Å². The molecule has 1 aromatic rings. The van der Waals surface area contributed by atoms with Gasteiger partial charge in [-0.1, -0.05) is 0 Å². The summed E-state index contributed by atoms with van der Waals surface area (Å²) in [6.07, 6.45) is 4.41. The van der Waals surface area contributed by atoms with Gasteiger partial charge in [-0.25, -0.2) is 4.98 Å². The molecule has 1 aliphatic heterocycles.